The highest BCUT2D eigenvalue weighted by Crippen LogP contribution is 2.18. The molecule has 0 saturated heterocycles. The van der Waals surface area contributed by atoms with E-state index >= 15 is 0 Å². The third-order valence-corrected chi connectivity index (χ3v) is 3.47. The minimum atomic E-state index is -0.421. The van der Waals surface area contributed by atoms with Crippen molar-refractivity contribution in [1.82, 2.24) is 5.32 Å². The van der Waals surface area contributed by atoms with Crippen molar-refractivity contribution >= 4 is 34.1 Å². The summed E-state index contributed by atoms with van der Waals surface area (Å²) in [6.45, 7) is -0.106. The predicted octanol–water partition coefficient (Wildman–Crippen LogP) is 3.60. The van der Waals surface area contributed by atoms with Crippen molar-refractivity contribution in [2.45, 2.75) is 0 Å². The van der Waals surface area contributed by atoms with Gasteiger partial charge in [0.25, 0.3) is 0 Å². The number of urea groups is 1. The summed E-state index contributed by atoms with van der Waals surface area (Å²) in [7, 11) is 0. The number of hydrogen-bond acceptors (Lipinski definition) is 2. The quantitative estimate of drug-likeness (QED) is 0.687. The number of carbonyl (C=O) groups is 2. The first-order chi connectivity index (χ1) is 11.7. The van der Waals surface area contributed by atoms with Gasteiger partial charge in [0.1, 0.15) is 0 Å². The molecule has 3 aromatic carbocycles. The molecule has 3 N–H and O–H groups in total. The summed E-state index contributed by atoms with van der Waals surface area (Å²) in [5, 5.41) is 10.1. The Bertz CT molecular complexity index is 863. The lowest BCUT2D eigenvalue weighted by molar-refractivity contribution is -0.115. The largest absolute Gasteiger partial charge is 0.329 e. The average molecular weight is 319 g/mol. The number of carbonyl (C=O) groups excluding carboxylic acids is 2. The average Bonchev–Trinajstić information content (AvgIpc) is 2.61. The predicted molar refractivity (Wildman–Crippen MR) is 96.0 cm³/mol. The summed E-state index contributed by atoms with van der Waals surface area (Å²) < 4.78 is 0. The van der Waals surface area contributed by atoms with Crippen molar-refractivity contribution in [2.75, 3.05) is 17.2 Å². The third kappa shape index (κ3) is 4.10. The van der Waals surface area contributed by atoms with Gasteiger partial charge in [0.2, 0.25) is 5.91 Å². The minimum absolute atomic E-state index is 0.106. The van der Waals surface area contributed by atoms with Crippen molar-refractivity contribution in [3.63, 3.8) is 0 Å². The first-order valence-electron chi connectivity index (χ1n) is 7.59. The fraction of sp³-hybridized carbons (Fsp3) is 0.0526. The van der Waals surface area contributed by atoms with Gasteiger partial charge in [-0.05, 0) is 35.0 Å². The van der Waals surface area contributed by atoms with Gasteiger partial charge in [-0.15, -0.1) is 0 Å². The molecule has 0 unspecified atom stereocenters. The molecule has 0 aromatic heterocycles. The summed E-state index contributed by atoms with van der Waals surface area (Å²) in [5.74, 6) is -0.284. The molecule has 3 amide bonds. The molecule has 0 bridgehead atoms. The Kier molecular flexibility index (Phi) is 4.72. The second-order valence-electron chi connectivity index (χ2n) is 5.28. The van der Waals surface area contributed by atoms with Crippen LogP contribution in [0.1, 0.15) is 0 Å². The van der Waals surface area contributed by atoms with E-state index in [0.29, 0.717) is 11.4 Å². The van der Waals surface area contributed by atoms with Crippen LogP contribution >= 0.6 is 0 Å². The number of rotatable bonds is 4. The molecule has 0 aliphatic rings. The second-order valence-corrected chi connectivity index (χ2v) is 5.28. The Morgan fingerprint density at radius 3 is 2.21 bits per heavy atom. The van der Waals surface area contributed by atoms with Gasteiger partial charge >= 0.3 is 6.03 Å². The molecule has 0 fully saturated rings. The van der Waals surface area contributed by atoms with E-state index < -0.39 is 6.03 Å². The molecule has 5 nitrogen and oxygen atoms in total. The Morgan fingerprint density at radius 2 is 1.42 bits per heavy atom. The zero-order valence-corrected chi connectivity index (χ0v) is 13.0. The lowest BCUT2D eigenvalue weighted by Gasteiger charge is -2.09. The van der Waals surface area contributed by atoms with Crippen molar-refractivity contribution in [3.05, 3.63) is 72.8 Å². The molecule has 0 spiro atoms. The van der Waals surface area contributed by atoms with Crippen LogP contribution in [0.3, 0.4) is 0 Å². The lowest BCUT2D eigenvalue weighted by Crippen LogP contribution is -2.35. The normalized spacial score (nSPS) is 10.2. The Balaban J connectivity index is 1.52. The van der Waals surface area contributed by atoms with Crippen LogP contribution in [0.4, 0.5) is 16.2 Å². The number of nitrogens with one attached hydrogen (secondary N) is 3. The molecule has 0 aliphatic heterocycles. The van der Waals surface area contributed by atoms with Gasteiger partial charge in [-0.3, -0.25) is 4.79 Å². The van der Waals surface area contributed by atoms with Gasteiger partial charge in [-0.2, -0.15) is 0 Å². The van der Waals surface area contributed by atoms with Crippen LogP contribution < -0.4 is 16.0 Å². The number of hydrogen-bond donors (Lipinski definition) is 3. The molecular formula is C19H17N3O2. The molecule has 0 radical (unpaired) electrons. The van der Waals surface area contributed by atoms with E-state index in [9.17, 15) is 9.59 Å². The van der Waals surface area contributed by atoms with Gasteiger partial charge in [-0.1, -0.05) is 48.5 Å². The zero-order valence-electron chi connectivity index (χ0n) is 13.0. The van der Waals surface area contributed by atoms with E-state index in [1.807, 2.05) is 60.7 Å². The number of anilines is 2. The highest BCUT2D eigenvalue weighted by Gasteiger charge is 2.06. The molecule has 0 atom stereocenters. The molecule has 120 valence electrons. The molecule has 3 aromatic rings. The van der Waals surface area contributed by atoms with Crippen molar-refractivity contribution in [2.24, 2.45) is 0 Å². The SMILES string of the molecule is O=C(CNC(=O)Nc1ccccc1)Nc1ccc2ccccc2c1. The highest BCUT2D eigenvalue weighted by atomic mass is 16.2. The van der Waals surface area contributed by atoms with Crippen LogP contribution in [-0.4, -0.2) is 18.5 Å². The van der Waals surface area contributed by atoms with Crippen LogP contribution in [0, 0.1) is 0 Å². The van der Waals surface area contributed by atoms with E-state index in [4.69, 9.17) is 0 Å². The summed E-state index contributed by atoms with van der Waals surface area (Å²) in [6, 6.07) is 22.2. The number of para-hydroxylation sites is 1. The summed E-state index contributed by atoms with van der Waals surface area (Å²) in [5.41, 5.74) is 1.37. The second kappa shape index (κ2) is 7.28. The number of amides is 3. The summed E-state index contributed by atoms with van der Waals surface area (Å²) >= 11 is 0. The number of benzene rings is 3. The van der Waals surface area contributed by atoms with Crippen molar-refractivity contribution in [3.8, 4) is 0 Å². The summed E-state index contributed by atoms with van der Waals surface area (Å²) in [6.07, 6.45) is 0. The van der Waals surface area contributed by atoms with Crippen LogP contribution in [-0.2, 0) is 4.79 Å². The zero-order chi connectivity index (χ0) is 16.8. The van der Waals surface area contributed by atoms with Gasteiger partial charge in [0.05, 0.1) is 6.54 Å². The van der Waals surface area contributed by atoms with E-state index in [1.165, 1.54) is 0 Å². The summed E-state index contributed by atoms with van der Waals surface area (Å²) in [4.78, 5) is 23.7. The van der Waals surface area contributed by atoms with E-state index in [1.54, 1.807) is 12.1 Å². The Hall–Kier alpha value is -3.34. The monoisotopic (exact) mass is 319 g/mol. The molecule has 0 saturated carbocycles. The maximum atomic E-state index is 12.0. The van der Waals surface area contributed by atoms with E-state index in [-0.39, 0.29) is 12.5 Å². The molecule has 24 heavy (non-hydrogen) atoms. The smallest absolute Gasteiger partial charge is 0.319 e. The van der Waals surface area contributed by atoms with Crippen LogP contribution in [0.25, 0.3) is 10.8 Å². The van der Waals surface area contributed by atoms with Gasteiger partial charge in [0.15, 0.2) is 0 Å². The minimum Gasteiger partial charge on any atom is -0.329 e. The maximum Gasteiger partial charge on any atom is 0.319 e. The highest BCUT2D eigenvalue weighted by molar-refractivity contribution is 5.98. The van der Waals surface area contributed by atoms with Crippen LogP contribution in [0.2, 0.25) is 0 Å². The fourth-order valence-corrected chi connectivity index (χ4v) is 2.33. The molecule has 0 heterocycles. The maximum absolute atomic E-state index is 12.0. The van der Waals surface area contributed by atoms with E-state index in [0.717, 1.165) is 10.8 Å². The van der Waals surface area contributed by atoms with Gasteiger partial charge in [-0.25, -0.2) is 4.79 Å². The molecule has 5 heteroatoms. The Morgan fingerprint density at radius 1 is 0.708 bits per heavy atom. The first kappa shape index (κ1) is 15.6. The van der Waals surface area contributed by atoms with Crippen molar-refractivity contribution in [1.29, 1.82) is 0 Å². The van der Waals surface area contributed by atoms with Crippen LogP contribution in [0.5, 0.6) is 0 Å². The van der Waals surface area contributed by atoms with Crippen molar-refractivity contribution < 1.29 is 9.59 Å². The topological polar surface area (TPSA) is 70.2 Å². The van der Waals surface area contributed by atoms with E-state index in [2.05, 4.69) is 16.0 Å². The Labute approximate surface area is 139 Å². The molecular weight excluding hydrogens is 302 g/mol. The van der Waals surface area contributed by atoms with Gasteiger partial charge < -0.3 is 16.0 Å². The standard InChI is InChI=1S/C19H17N3O2/c23-18(13-20-19(24)22-16-8-2-1-3-9-16)21-17-11-10-14-6-4-5-7-15(14)12-17/h1-12H,13H2,(H,21,23)(H2,20,22,24). The third-order valence-electron chi connectivity index (χ3n) is 3.47. The number of fused-ring (bicyclic) bond motifs is 1. The van der Waals surface area contributed by atoms with Crippen LogP contribution in [0.15, 0.2) is 72.8 Å². The lowest BCUT2D eigenvalue weighted by atomic mass is 10.1. The molecule has 3 rings (SSSR count). The van der Waals surface area contributed by atoms with Gasteiger partial charge in [0, 0.05) is 11.4 Å². The fourth-order valence-electron chi connectivity index (χ4n) is 2.33. The molecule has 0 aliphatic carbocycles. The first-order valence-corrected chi connectivity index (χ1v) is 7.59.